The number of carbonyl (C=O) groups excluding carboxylic acids is 2. The maximum atomic E-state index is 13.2. The van der Waals surface area contributed by atoms with Gasteiger partial charge in [-0.25, -0.2) is 4.39 Å². The summed E-state index contributed by atoms with van der Waals surface area (Å²) >= 11 is 0. The van der Waals surface area contributed by atoms with Gasteiger partial charge in [0.05, 0.1) is 0 Å². The van der Waals surface area contributed by atoms with Gasteiger partial charge >= 0.3 is 0 Å². The second kappa shape index (κ2) is 4.89. The Labute approximate surface area is 117 Å². The Morgan fingerprint density at radius 3 is 2.80 bits per heavy atom. The molecule has 5 heteroatoms. The van der Waals surface area contributed by atoms with Crippen molar-refractivity contribution in [1.82, 2.24) is 4.90 Å². The molecule has 2 amide bonds. The molecule has 0 bridgehead atoms. The first-order valence-electron chi connectivity index (χ1n) is 6.95. The summed E-state index contributed by atoms with van der Waals surface area (Å²) in [4.78, 5) is 28.0. The zero-order chi connectivity index (χ0) is 14.3. The Balaban J connectivity index is 1.96. The summed E-state index contributed by atoms with van der Waals surface area (Å²) in [5.74, 6) is -0.307. The number of nitrogens with zero attached hydrogens (tertiary/aromatic N) is 2. The van der Waals surface area contributed by atoms with Crippen molar-refractivity contribution in [3.05, 3.63) is 29.6 Å². The average Bonchev–Trinajstić information content (AvgIpc) is 2.85. The van der Waals surface area contributed by atoms with Gasteiger partial charge in [-0.1, -0.05) is 0 Å². The third kappa shape index (κ3) is 2.07. The fraction of sp³-hybridized carbons (Fsp3) is 0.467. The normalized spacial score (nSPS) is 23.0. The first-order chi connectivity index (χ1) is 9.58. The van der Waals surface area contributed by atoms with E-state index in [1.165, 1.54) is 12.1 Å². The Bertz CT molecular complexity index is 573. The molecule has 2 aliphatic rings. The zero-order valence-corrected chi connectivity index (χ0v) is 11.4. The van der Waals surface area contributed by atoms with Gasteiger partial charge in [0.2, 0.25) is 11.8 Å². The SMILES string of the molecule is Cc1cc(F)ccc1N1CCC(=O)N2CCCC2C1=O. The first-order valence-corrected chi connectivity index (χ1v) is 6.95. The Morgan fingerprint density at radius 1 is 1.25 bits per heavy atom. The molecule has 4 nitrogen and oxygen atoms in total. The number of amides is 2. The summed E-state index contributed by atoms with van der Waals surface area (Å²) in [6.07, 6.45) is 1.93. The highest BCUT2D eigenvalue weighted by Gasteiger charge is 2.39. The number of carbonyl (C=O) groups is 2. The standard InChI is InChI=1S/C15H17FN2O2/c1-10-9-11(16)4-5-12(10)18-8-6-14(19)17-7-2-3-13(17)15(18)20/h4-5,9,13H,2-3,6-8H2,1H3. The molecule has 2 saturated heterocycles. The van der Waals surface area contributed by atoms with Crippen LogP contribution in [0.1, 0.15) is 24.8 Å². The number of hydrogen-bond acceptors (Lipinski definition) is 2. The van der Waals surface area contributed by atoms with Crippen LogP contribution in [0.5, 0.6) is 0 Å². The fourth-order valence-corrected chi connectivity index (χ4v) is 3.12. The molecule has 0 aromatic heterocycles. The van der Waals surface area contributed by atoms with Crippen molar-refractivity contribution in [2.24, 2.45) is 0 Å². The van der Waals surface area contributed by atoms with Crippen LogP contribution in [0, 0.1) is 12.7 Å². The summed E-state index contributed by atoms with van der Waals surface area (Å²) in [5, 5.41) is 0. The Hall–Kier alpha value is -1.91. The van der Waals surface area contributed by atoms with E-state index < -0.39 is 0 Å². The summed E-state index contributed by atoms with van der Waals surface area (Å²) in [6.45, 7) is 2.83. The van der Waals surface area contributed by atoms with Crippen molar-refractivity contribution in [1.29, 1.82) is 0 Å². The van der Waals surface area contributed by atoms with Crippen LogP contribution >= 0.6 is 0 Å². The van der Waals surface area contributed by atoms with Crippen molar-refractivity contribution in [2.45, 2.75) is 32.2 Å². The zero-order valence-electron chi connectivity index (χ0n) is 11.4. The lowest BCUT2D eigenvalue weighted by Gasteiger charge is -2.26. The topological polar surface area (TPSA) is 40.6 Å². The second-order valence-electron chi connectivity index (χ2n) is 5.42. The van der Waals surface area contributed by atoms with E-state index in [1.807, 2.05) is 0 Å². The van der Waals surface area contributed by atoms with Crippen LogP contribution in [0.4, 0.5) is 10.1 Å². The molecule has 106 valence electrons. The molecule has 0 saturated carbocycles. The lowest BCUT2D eigenvalue weighted by molar-refractivity contribution is -0.135. The summed E-state index contributed by atoms with van der Waals surface area (Å²) < 4.78 is 13.2. The van der Waals surface area contributed by atoms with Gasteiger partial charge < -0.3 is 9.80 Å². The van der Waals surface area contributed by atoms with Gasteiger partial charge in [-0.05, 0) is 43.5 Å². The highest BCUT2D eigenvalue weighted by atomic mass is 19.1. The van der Waals surface area contributed by atoms with Crippen LogP contribution in [0.25, 0.3) is 0 Å². The van der Waals surface area contributed by atoms with E-state index in [2.05, 4.69) is 0 Å². The van der Waals surface area contributed by atoms with E-state index in [0.717, 1.165) is 18.4 Å². The van der Waals surface area contributed by atoms with Crippen molar-refractivity contribution in [3.63, 3.8) is 0 Å². The van der Waals surface area contributed by atoms with Gasteiger partial charge in [0.1, 0.15) is 11.9 Å². The highest BCUT2D eigenvalue weighted by molar-refractivity contribution is 6.02. The van der Waals surface area contributed by atoms with E-state index >= 15 is 0 Å². The molecule has 1 aromatic carbocycles. The molecule has 2 heterocycles. The summed E-state index contributed by atoms with van der Waals surface area (Å²) in [6, 6.07) is 4.06. The largest absolute Gasteiger partial charge is 0.331 e. The molecule has 0 N–H and O–H groups in total. The molecule has 1 aromatic rings. The van der Waals surface area contributed by atoms with Gasteiger partial charge in [0.15, 0.2) is 0 Å². The van der Waals surface area contributed by atoms with Crippen molar-refractivity contribution in [2.75, 3.05) is 18.0 Å². The molecule has 20 heavy (non-hydrogen) atoms. The monoisotopic (exact) mass is 276 g/mol. The van der Waals surface area contributed by atoms with Crippen LogP contribution in [-0.4, -0.2) is 35.8 Å². The van der Waals surface area contributed by atoms with E-state index in [9.17, 15) is 14.0 Å². The van der Waals surface area contributed by atoms with Crippen LogP contribution in [-0.2, 0) is 9.59 Å². The average molecular weight is 276 g/mol. The van der Waals surface area contributed by atoms with Crippen molar-refractivity contribution in [3.8, 4) is 0 Å². The molecule has 3 rings (SSSR count). The molecular formula is C15H17FN2O2. The molecular weight excluding hydrogens is 259 g/mol. The minimum atomic E-state index is -0.338. The van der Waals surface area contributed by atoms with Crippen LogP contribution < -0.4 is 4.90 Å². The molecule has 0 radical (unpaired) electrons. The third-order valence-electron chi connectivity index (χ3n) is 4.12. The molecule has 2 fully saturated rings. The van der Waals surface area contributed by atoms with Crippen LogP contribution in [0.3, 0.4) is 0 Å². The number of aryl methyl sites for hydroxylation is 1. The molecule has 0 aliphatic carbocycles. The molecule has 0 spiro atoms. The van der Waals surface area contributed by atoms with Gasteiger partial charge in [0.25, 0.3) is 0 Å². The van der Waals surface area contributed by atoms with Crippen molar-refractivity contribution >= 4 is 17.5 Å². The fourth-order valence-electron chi connectivity index (χ4n) is 3.12. The molecule has 2 aliphatic heterocycles. The van der Waals surface area contributed by atoms with Crippen molar-refractivity contribution < 1.29 is 14.0 Å². The van der Waals surface area contributed by atoms with Gasteiger partial charge in [0, 0.05) is 25.2 Å². The minimum Gasteiger partial charge on any atom is -0.331 e. The molecule has 1 unspecified atom stereocenters. The third-order valence-corrected chi connectivity index (χ3v) is 4.12. The number of halogens is 1. The number of benzene rings is 1. The predicted octanol–water partition coefficient (Wildman–Crippen LogP) is 1.86. The van der Waals surface area contributed by atoms with E-state index in [0.29, 0.717) is 25.2 Å². The second-order valence-corrected chi connectivity index (χ2v) is 5.42. The van der Waals surface area contributed by atoms with Crippen LogP contribution in [0.15, 0.2) is 18.2 Å². The lowest BCUT2D eigenvalue weighted by Crippen LogP contribution is -2.43. The summed E-state index contributed by atoms with van der Waals surface area (Å²) in [5.41, 5.74) is 1.43. The number of hydrogen-bond donors (Lipinski definition) is 0. The van der Waals surface area contributed by atoms with Gasteiger partial charge in [-0.3, -0.25) is 9.59 Å². The van der Waals surface area contributed by atoms with Gasteiger partial charge in [-0.15, -0.1) is 0 Å². The summed E-state index contributed by atoms with van der Waals surface area (Å²) in [7, 11) is 0. The van der Waals surface area contributed by atoms with Crippen LogP contribution in [0.2, 0.25) is 0 Å². The minimum absolute atomic E-state index is 0.0388. The van der Waals surface area contributed by atoms with E-state index in [1.54, 1.807) is 22.8 Å². The first kappa shape index (κ1) is 13.1. The quantitative estimate of drug-likeness (QED) is 0.785. The predicted molar refractivity (Wildman–Crippen MR) is 72.8 cm³/mol. The molecule has 1 atom stereocenters. The Morgan fingerprint density at radius 2 is 2.05 bits per heavy atom. The highest BCUT2D eigenvalue weighted by Crippen LogP contribution is 2.28. The number of anilines is 1. The maximum absolute atomic E-state index is 13.2. The van der Waals surface area contributed by atoms with E-state index in [-0.39, 0.29) is 23.7 Å². The number of rotatable bonds is 1. The van der Waals surface area contributed by atoms with E-state index in [4.69, 9.17) is 0 Å². The van der Waals surface area contributed by atoms with Gasteiger partial charge in [-0.2, -0.15) is 0 Å². The Kier molecular flexibility index (Phi) is 3.20. The maximum Gasteiger partial charge on any atom is 0.249 e. The number of fused-ring (bicyclic) bond motifs is 1. The smallest absolute Gasteiger partial charge is 0.249 e. The lowest BCUT2D eigenvalue weighted by atomic mass is 10.1.